The van der Waals surface area contributed by atoms with E-state index in [0.29, 0.717) is 6.61 Å². The van der Waals surface area contributed by atoms with Crippen LogP contribution in [0.3, 0.4) is 0 Å². The van der Waals surface area contributed by atoms with Gasteiger partial charge in [0.15, 0.2) is 13.1 Å². The van der Waals surface area contributed by atoms with Gasteiger partial charge in [-0.05, 0) is 5.56 Å². The van der Waals surface area contributed by atoms with Crippen LogP contribution in [0.4, 0.5) is 0 Å². The molecule has 18 heavy (non-hydrogen) atoms. The van der Waals surface area contributed by atoms with Gasteiger partial charge in [0.25, 0.3) is 0 Å². The van der Waals surface area contributed by atoms with Crippen molar-refractivity contribution < 1.29 is 18.9 Å². The van der Waals surface area contributed by atoms with Gasteiger partial charge in [0.05, 0.1) is 6.61 Å². The topological polar surface area (TPSA) is 36.9 Å². The second-order valence-electron chi connectivity index (χ2n) is 4.38. The quantitative estimate of drug-likeness (QED) is 0.762. The second-order valence-corrected chi connectivity index (χ2v) is 4.38. The Morgan fingerprint density at radius 3 is 2.89 bits per heavy atom. The van der Waals surface area contributed by atoms with Gasteiger partial charge in [0.1, 0.15) is 18.3 Å². The summed E-state index contributed by atoms with van der Waals surface area (Å²) in [4.78, 5) is 0. The molecule has 0 unspecified atom stereocenters. The third kappa shape index (κ3) is 2.20. The molecule has 0 N–H and O–H groups in total. The number of fused-ring (bicyclic) bond motifs is 1. The standard InChI is InChI=1S/C14H16O4/c1-2-11-12(13-14(18-11)17-9-16-13)15-8-10-6-4-3-5-7-10/h2-7,11-14H,1,8-9H2/t11-,12+,13-,14+/m1/s1. The van der Waals surface area contributed by atoms with Gasteiger partial charge in [-0.25, -0.2) is 0 Å². The molecule has 2 fully saturated rings. The van der Waals surface area contributed by atoms with Crippen LogP contribution < -0.4 is 0 Å². The maximum atomic E-state index is 5.91. The summed E-state index contributed by atoms with van der Waals surface area (Å²) in [6, 6.07) is 10.0. The first-order valence-corrected chi connectivity index (χ1v) is 6.05. The Hall–Kier alpha value is -1.20. The molecule has 3 rings (SSSR count). The molecule has 0 amide bonds. The molecule has 2 aliphatic heterocycles. The lowest BCUT2D eigenvalue weighted by Gasteiger charge is -2.19. The van der Waals surface area contributed by atoms with Crippen molar-refractivity contribution in [3.8, 4) is 0 Å². The van der Waals surface area contributed by atoms with Gasteiger partial charge in [-0.1, -0.05) is 36.4 Å². The van der Waals surface area contributed by atoms with E-state index in [1.165, 1.54) is 0 Å². The molecular formula is C14H16O4. The van der Waals surface area contributed by atoms with E-state index >= 15 is 0 Å². The van der Waals surface area contributed by atoms with Crippen LogP contribution in [0.15, 0.2) is 43.0 Å². The Labute approximate surface area is 106 Å². The van der Waals surface area contributed by atoms with Crippen LogP contribution >= 0.6 is 0 Å². The largest absolute Gasteiger partial charge is 0.368 e. The molecule has 0 radical (unpaired) electrons. The zero-order valence-electron chi connectivity index (χ0n) is 10.0. The lowest BCUT2D eigenvalue weighted by Crippen LogP contribution is -2.33. The van der Waals surface area contributed by atoms with Crippen molar-refractivity contribution in [3.05, 3.63) is 48.6 Å². The molecule has 4 nitrogen and oxygen atoms in total. The molecule has 2 heterocycles. The fourth-order valence-electron chi connectivity index (χ4n) is 2.29. The Balaban J connectivity index is 1.65. The molecule has 4 atom stereocenters. The van der Waals surface area contributed by atoms with Gasteiger partial charge in [-0.2, -0.15) is 0 Å². The van der Waals surface area contributed by atoms with Crippen molar-refractivity contribution >= 4 is 0 Å². The minimum absolute atomic E-state index is 0.156. The normalized spacial score (nSPS) is 34.4. The van der Waals surface area contributed by atoms with E-state index in [9.17, 15) is 0 Å². The molecule has 96 valence electrons. The molecule has 2 saturated heterocycles. The highest BCUT2D eigenvalue weighted by Gasteiger charge is 2.48. The van der Waals surface area contributed by atoms with Crippen LogP contribution in [0, 0.1) is 0 Å². The molecule has 1 aromatic rings. The summed E-state index contributed by atoms with van der Waals surface area (Å²) >= 11 is 0. The summed E-state index contributed by atoms with van der Waals surface area (Å²) in [7, 11) is 0. The van der Waals surface area contributed by atoms with Gasteiger partial charge < -0.3 is 18.9 Å². The molecule has 0 aliphatic carbocycles. The van der Waals surface area contributed by atoms with E-state index in [1.54, 1.807) is 6.08 Å². The molecular weight excluding hydrogens is 232 g/mol. The highest BCUT2D eigenvalue weighted by molar-refractivity contribution is 5.13. The number of benzene rings is 1. The molecule has 0 spiro atoms. The highest BCUT2D eigenvalue weighted by atomic mass is 16.8. The second kappa shape index (κ2) is 5.20. The summed E-state index contributed by atoms with van der Waals surface area (Å²) < 4.78 is 22.4. The monoisotopic (exact) mass is 248 g/mol. The Kier molecular flexibility index (Phi) is 3.43. The summed E-state index contributed by atoms with van der Waals surface area (Å²) in [5.41, 5.74) is 1.13. The summed E-state index contributed by atoms with van der Waals surface area (Å²) in [6.45, 7) is 4.56. The number of hydrogen-bond donors (Lipinski definition) is 0. The third-order valence-electron chi connectivity index (χ3n) is 3.22. The van der Waals surface area contributed by atoms with Crippen LogP contribution in [0.1, 0.15) is 5.56 Å². The summed E-state index contributed by atoms with van der Waals surface area (Å²) in [6.07, 6.45) is 0.922. The van der Waals surface area contributed by atoms with Crippen LogP contribution in [0.25, 0.3) is 0 Å². The van der Waals surface area contributed by atoms with Gasteiger partial charge in [-0.15, -0.1) is 6.58 Å². The van der Waals surface area contributed by atoms with Crippen molar-refractivity contribution in [2.45, 2.75) is 31.2 Å². The lowest BCUT2D eigenvalue weighted by atomic mass is 10.1. The predicted molar refractivity (Wildman–Crippen MR) is 64.7 cm³/mol. The Morgan fingerprint density at radius 1 is 1.28 bits per heavy atom. The Morgan fingerprint density at radius 2 is 2.11 bits per heavy atom. The molecule has 4 heteroatoms. The van der Waals surface area contributed by atoms with Gasteiger partial charge >= 0.3 is 0 Å². The van der Waals surface area contributed by atoms with Gasteiger partial charge in [-0.3, -0.25) is 0 Å². The maximum absolute atomic E-state index is 5.91. The van der Waals surface area contributed by atoms with E-state index in [2.05, 4.69) is 6.58 Å². The van der Waals surface area contributed by atoms with E-state index < -0.39 is 0 Å². The average Bonchev–Trinajstić information content (AvgIpc) is 2.98. The summed E-state index contributed by atoms with van der Waals surface area (Å²) in [5, 5.41) is 0. The third-order valence-corrected chi connectivity index (χ3v) is 3.22. The first-order chi connectivity index (χ1) is 8.88. The van der Waals surface area contributed by atoms with Gasteiger partial charge in [0, 0.05) is 0 Å². The van der Waals surface area contributed by atoms with Crippen molar-refractivity contribution in [1.82, 2.24) is 0 Å². The average molecular weight is 248 g/mol. The van der Waals surface area contributed by atoms with Gasteiger partial charge in [0.2, 0.25) is 0 Å². The van der Waals surface area contributed by atoms with Crippen LogP contribution in [0.5, 0.6) is 0 Å². The SMILES string of the molecule is C=C[C@H]1O[C@@H]2OCO[C@@H]2[C@H]1OCc1ccccc1. The van der Waals surface area contributed by atoms with E-state index in [-0.39, 0.29) is 31.4 Å². The maximum Gasteiger partial charge on any atom is 0.190 e. The fraction of sp³-hybridized carbons (Fsp3) is 0.429. The summed E-state index contributed by atoms with van der Waals surface area (Å²) in [5.74, 6) is 0. The molecule has 1 aromatic carbocycles. The number of ether oxygens (including phenoxy) is 4. The minimum atomic E-state index is -0.325. The lowest BCUT2D eigenvalue weighted by molar-refractivity contribution is -0.121. The van der Waals surface area contributed by atoms with Crippen LogP contribution in [-0.4, -0.2) is 31.4 Å². The van der Waals surface area contributed by atoms with E-state index in [1.807, 2.05) is 30.3 Å². The number of rotatable bonds is 4. The van der Waals surface area contributed by atoms with Crippen LogP contribution in [0.2, 0.25) is 0 Å². The molecule has 0 saturated carbocycles. The molecule has 0 bridgehead atoms. The van der Waals surface area contributed by atoms with Crippen LogP contribution in [-0.2, 0) is 25.6 Å². The molecule has 0 aromatic heterocycles. The van der Waals surface area contributed by atoms with Crippen molar-refractivity contribution in [2.75, 3.05) is 6.79 Å². The molecule has 2 aliphatic rings. The van der Waals surface area contributed by atoms with E-state index in [4.69, 9.17) is 18.9 Å². The zero-order valence-corrected chi connectivity index (χ0v) is 10.0. The predicted octanol–water partition coefficient (Wildman–Crippen LogP) is 1.86. The first kappa shape index (κ1) is 11.9. The number of hydrogen-bond acceptors (Lipinski definition) is 4. The van der Waals surface area contributed by atoms with E-state index in [0.717, 1.165) is 5.56 Å². The smallest absolute Gasteiger partial charge is 0.190 e. The first-order valence-electron chi connectivity index (χ1n) is 6.05. The van der Waals surface area contributed by atoms with Crippen molar-refractivity contribution in [2.24, 2.45) is 0 Å². The van der Waals surface area contributed by atoms with Crippen molar-refractivity contribution in [1.29, 1.82) is 0 Å². The minimum Gasteiger partial charge on any atom is -0.368 e. The highest BCUT2D eigenvalue weighted by Crippen LogP contribution is 2.32. The Bertz CT molecular complexity index is 406. The zero-order chi connectivity index (χ0) is 12.4. The van der Waals surface area contributed by atoms with Crippen molar-refractivity contribution in [3.63, 3.8) is 0 Å². The fourth-order valence-corrected chi connectivity index (χ4v) is 2.29.